The normalized spacial score (nSPS) is 13.6. The van der Waals surface area contributed by atoms with Gasteiger partial charge in [0.25, 0.3) is 0 Å². The van der Waals surface area contributed by atoms with E-state index in [1.165, 1.54) is 61.2 Å². The van der Waals surface area contributed by atoms with Crippen molar-refractivity contribution in [2.75, 3.05) is 0 Å². The van der Waals surface area contributed by atoms with Crippen LogP contribution in [0.4, 0.5) is 0 Å². The fourth-order valence-corrected chi connectivity index (χ4v) is 10.4. The third-order valence-electron chi connectivity index (χ3n) is 15.9. The van der Waals surface area contributed by atoms with E-state index in [1.807, 2.05) is 0 Å². The predicted octanol–water partition coefficient (Wildman–Crippen LogP) is 22.2. The van der Waals surface area contributed by atoms with Gasteiger partial charge in [0.15, 0.2) is 0 Å². The highest BCUT2D eigenvalue weighted by atomic mass is 14.7. The Morgan fingerprint density at radius 1 is 0.205 bits per heavy atom. The molecule has 0 amide bonds. The number of hydrogen-bond donors (Lipinski definition) is 0. The molecule has 0 radical (unpaired) electrons. The smallest absolute Gasteiger partial charge is 0.0715 e. The molecule has 0 unspecified atom stereocenters. The highest BCUT2D eigenvalue weighted by Crippen LogP contribution is 2.46. The Morgan fingerprint density at radius 2 is 0.385 bits per heavy atom. The molecule has 7 rings (SSSR count). The largest absolute Gasteiger partial charge is 0.248 e. The van der Waals surface area contributed by atoms with Crippen LogP contribution < -0.4 is 0 Å². The van der Waals surface area contributed by atoms with E-state index in [2.05, 4.69) is 302 Å². The molecule has 0 saturated carbocycles. The Hall–Kier alpha value is -5.60. The molecule has 0 fully saturated rings. The predicted molar refractivity (Wildman–Crippen MR) is 343 cm³/mol. The minimum Gasteiger partial charge on any atom is -0.248 e. The Labute approximate surface area is 475 Å². The van der Waals surface area contributed by atoms with Crippen LogP contribution in [0.25, 0.3) is 67.3 Å². The van der Waals surface area contributed by atoms with Crippen LogP contribution in [0, 0.1) is 0 Å². The molecular weight excluding hydrogens is 941 g/mol. The first-order chi connectivity index (χ1) is 35.3. The van der Waals surface area contributed by atoms with Crippen molar-refractivity contribution >= 4 is 0 Å². The zero-order valence-electron chi connectivity index (χ0n) is 53.9. The zero-order chi connectivity index (χ0) is 58.5. The van der Waals surface area contributed by atoms with Crippen molar-refractivity contribution in [1.29, 1.82) is 0 Å². The fourth-order valence-electron chi connectivity index (χ4n) is 10.4. The Bertz CT molecular complexity index is 2830. The van der Waals surface area contributed by atoms with Gasteiger partial charge in [0, 0.05) is 22.3 Å². The van der Waals surface area contributed by atoms with E-state index in [4.69, 9.17) is 9.97 Å². The molecule has 0 aliphatic heterocycles. The van der Waals surface area contributed by atoms with Crippen LogP contribution in [-0.2, 0) is 48.7 Å². The summed E-state index contributed by atoms with van der Waals surface area (Å²) in [5, 5.41) is 0. The summed E-state index contributed by atoms with van der Waals surface area (Å²) in [4.78, 5) is 11.5. The van der Waals surface area contributed by atoms with Gasteiger partial charge in [0.05, 0.1) is 22.8 Å². The maximum absolute atomic E-state index is 5.74. The molecule has 0 spiro atoms. The first kappa shape index (κ1) is 60.0. The van der Waals surface area contributed by atoms with Crippen molar-refractivity contribution in [2.24, 2.45) is 0 Å². The number of benzene rings is 5. The van der Waals surface area contributed by atoms with Crippen LogP contribution in [0.1, 0.15) is 237 Å². The van der Waals surface area contributed by atoms with Crippen molar-refractivity contribution in [2.45, 2.75) is 236 Å². The third kappa shape index (κ3) is 13.5. The monoisotopic (exact) mass is 1040 g/mol. The maximum Gasteiger partial charge on any atom is 0.0715 e. The minimum atomic E-state index is -0.270. The summed E-state index contributed by atoms with van der Waals surface area (Å²) >= 11 is 0. The third-order valence-corrected chi connectivity index (χ3v) is 15.9. The molecule has 7 aromatic rings. The van der Waals surface area contributed by atoms with Gasteiger partial charge < -0.3 is 0 Å². The lowest BCUT2D eigenvalue weighted by Crippen LogP contribution is -2.17. The summed E-state index contributed by atoms with van der Waals surface area (Å²) in [6.07, 6.45) is 0. The Morgan fingerprint density at radius 3 is 0.538 bits per heavy atom. The highest BCUT2D eigenvalue weighted by Gasteiger charge is 2.30. The average molecular weight is 1040 g/mol. The Kier molecular flexibility index (Phi) is 15.5. The van der Waals surface area contributed by atoms with E-state index < -0.39 is 0 Å². The van der Waals surface area contributed by atoms with Crippen molar-refractivity contribution in [3.63, 3.8) is 0 Å². The highest BCUT2D eigenvalue weighted by molar-refractivity contribution is 5.87. The second-order valence-electron chi connectivity index (χ2n) is 32.4. The second kappa shape index (κ2) is 20.2. The number of aromatic nitrogens is 2. The lowest BCUT2D eigenvalue weighted by molar-refractivity contribution is 0.568. The van der Waals surface area contributed by atoms with E-state index in [1.54, 1.807) is 0 Å². The average Bonchev–Trinajstić information content (AvgIpc) is 3.31. The number of pyridine rings is 2. The molecule has 78 heavy (non-hydrogen) atoms. The van der Waals surface area contributed by atoms with Gasteiger partial charge >= 0.3 is 0 Å². The molecule has 414 valence electrons. The minimum absolute atomic E-state index is 0.0557. The summed E-state index contributed by atoms with van der Waals surface area (Å²) in [6.45, 7) is 63.0. The summed E-state index contributed by atoms with van der Waals surface area (Å²) in [5.74, 6) is 0. The molecule has 2 aromatic heterocycles. The lowest BCUT2D eigenvalue weighted by atomic mass is 9.76. The van der Waals surface area contributed by atoms with Gasteiger partial charge in [-0.15, -0.1) is 0 Å². The van der Waals surface area contributed by atoms with Crippen LogP contribution in [0.15, 0.2) is 115 Å². The zero-order valence-corrected chi connectivity index (χ0v) is 53.9. The Balaban J connectivity index is 1.63. The molecule has 2 heteroatoms. The second-order valence-corrected chi connectivity index (χ2v) is 32.4. The summed E-state index contributed by atoms with van der Waals surface area (Å²) in [6, 6.07) is 45.4. The quantitative estimate of drug-likeness (QED) is 0.166. The summed E-state index contributed by atoms with van der Waals surface area (Å²) in [7, 11) is 0. The van der Waals surface area contributed by atoms with E-state index in [0.717, 1.165) is 56.2 Å². The number of hydrogen-bond acceptors (Lipinski definition) is 2. The number of rotatable bonds is 6. The van der Waals surface area contributed by atoms with Gasteiger partial charge in [-0.1, -0.05) is 229 Å². The van der Waals surface area contributed by atoms with Crippen molar-refractivity contribution in [3.8, 4) is 67.3 Å². The molecule has 2 heterocycles. The van der Waals surface area contributed by atoms with Gasteiger partial charge in [0.2, 0.25) is 0 Å². The molecule has 0 atom stereocenters. The van der Waals surface area contributed by atoms with Crippen molar-refractivity contribution < 1.29 is 0 Å². The van der Waals surface area contributed by atoms with Crippen LogP contribution in [0.5, 0.6) is 0 Å². The molecular formula is C76H100N2. The van der Waals surface area contributed by atoms with Crippen LogP contribution in [0.3, 0.4) is 0 Å². The van der Waals surface area contributed by atoms with Gasteiger partial charge in [-0.05, 0) is 194 Å². The van der Waals surface area contributed by atoms with Crippen molar-refractivity contribution in [3.05, 3.63) is 165 Å². The van der Waals surface area contributed by atoms with Gasteiger partial charge in [0.1, 0.15) is 0 Å². The number of nitrogens with zero attached hydrogens (tertiary/aromatic N) is 2. The fraction of sp³-hybridized carbons (Fsp3) is 0.474. The van der Waals surface area contributed by atoms with Crippen molar-refractivity contribution in [1.82, 2.24) is 9.97 Å². The molecule has 2 nitrogen and oxygen atoms in total. The molecule has 5 aromatic carbocycles. The molecule has 0 saturated heterocycles. The molecule has 0 aliphatic carbocycles. The van der Waals surface area contributed by atoms with E-state index in [-0.39, 0.29) is 48.7 Å². The summed E-state index contributed by atoms with van der Waals surface area (Å²) < 4.78 is 0. The standard InChI is InChI=1S/C76H100N2/c1-68(2,3)53-31-49(32-54(43-53)69(4,5)6)63-39-47(40-64(77-63)50-33-55(70(7,8)9)44-56(34-50)71(10,11)12)61-29-28-30-62(67(61)76(25,26)27)48-41-65(51-35-57(72(13,14)15)45-58(36-51)73(16,17)18)78-66(42-48)52-37-59(74(19,20)21)46-60(38-52)75(22,23)24/h28-46H,1-27H3. The molecule has 0 bridgehead atoms. The van der Waals surface area contributed by atoms with E-state index in [0.29, 0.717) is 0 Å². The van der Waals surface area contributed by atoms with Crippen LogP contribution in [0.2, 0.25) is 0 Å². The van der Waals surface area contributed by atoms with Gasteiger partial charge in [-0.3, -0.25) is 0 Å². The van der Waals surface area contributed by atoms with Crippen LogP contribution in [-0.4, -0.2) is 9.97 Å². The molecule has 0 aliphatic rings. The lowest BCUT2D eigenvalue weighted by Gasteiger charge is -2.29. The topological polar surface area (TPSA) is 25.8 Å². The van der Waals surface area contributed by atoms with Gasteiger partial charge in [-0.25, -0.2) is 9.97 Å². The maximum atomic E-state index is 5.74. The first-order valence-electron chi connectivity index (χ1n) is 29.1. The summed E-state index contributed by atoms with van der Waals surface area (Å²) in [5.41, 5.74) is 24.4. The molecule has 0 N–H and O–H groups in total. The van der Waals surface area contributed by atoms with E-state index in [9.17, 15) is 0 Å². The first-order valence-corrected chi connectivity index (χ1v) is 29.1. The van der Waals surface area contributed by atoms with Gasteiger partial charge in [-0.2, -0.15) is 0 Å². The van der Waals surface area contributed by atoms with Crippen LogP contribution >= 0.6 is 0 Å². The van der Waals surface area contributed by atoms with E-state index >= 15 is 0 Å². The SMILES string of the molecule is CC(C)(C)c1cc(-c2cc(-c3cccc(-c4cc(-c5cc(C(C)(C)C)cc(C(C)(C)C)c5)nc(-c5cc(C(C)(C)C)cc(C(C)(C)C)c5)c4)c3C(C)(C)C)cc(-c3cc(C(C)(C)C)cc(C(C)(C)C)c3)n2)cc(C(C)(C)C)c1.